The number of hydrogen-bond acceptors (Lipinski definition) is 21. The van der Waals surface area contributed by atoms with Crippen LogP contribution in [0.15, 0.2) is 53.3 Å². The van der Waals surface area contributed by atoms with Crippen molar-refractivity contribution in [2.24, 2.45) is 5.73 Å². The van der Waals surface area contributed by atoms with Gasteiger partial charge in [-0.3, -0.25) is 33.6 Å². The Morgan fingerprint density at radius 1 is 0.689 bits per heavy atom. The average Bonchev–Trinajstić information content (AvgIpc) is 1.50. The molecule has 6 rings (SSSR count). The first-order chi connectivity index (χ1) is 43.5. The lowest BCUT2D eigenvalue weighted by molar-refractivity contribution is -0.172. The third-order valence-corrected chi connectivity index (χ3v) is 14.2. The van der Waals surface area contributed by atoms with Gasteiger partial charge < -0.3 is 94.7 Å². The highest BCUT2D eigenvalue weighted by Crippen LogP contribution is 2.40. The summed E-state index contributed by atoms with van der Waals surface area (Å²) in [5.41, 5.74) is 5.34. The number of unbranched alkanes of at least 4 members (excludes halogenated alkanes) is 1. The number of nitrogens with two attached hydrogens (primary N) is 1. The summed E-state index contributed by atoms with van der Waals surface area (Å²) in [6.45, 7) is 4.87. The van der Waals surface area contributed by atoms with Crippen molar-refractivity contribution in [3.8, 4) is 11.4 Å². The summed E-state index contributed by atoms with van der Waals surface area (Å²) in [6, 6.07) is 9.82. The number of amides is 6. The molecule has 494 valence electrons. The molecule has 4 aromatic rings. The number of benzene rings is 2. The van der Waals surface area contributed by atoms with Crippen LogP contribution in [0.2, 0.25) is 0 Å². The van der Waals surface area contributed by atoms with Crippen molar-refractivity contribution in [2.75, 3.05) is 139 Å². The minimum absolute atomic E-state index is 0.00167. The number of hydrogen-bond donors (Lipinski definition) is 8. The third kappa shape index (κ3) is 22.5. The van der Waals surface area contributed by atoms with Gasteiger partial charge >= 0.3 is 5.97 Å². The second-order valence-electron chi connectivity index (χ2n) is 20.6. The third-order valence-electron chi connectivity index (χ3n) is 14.2. The Morgan fingerprint density at radius 2 is 1.27 bits per heavy atom. The number of aromatic nitrogens is 2. The lowest BCUT2D eigenvalue weighted by atomic mass is 9.86. The molecule has 28 nitrogen and oxygen atoms in total. The van der Waals surface area contributed by atoms with Gasteiger partial charge in [-0.15, -0.1) is 0 Å². The standard InChI is InChI=1S/C60H81F2N9O19/c1-3-60(80)44-29-50-55-41(34-71(50)58(78)43(44)36-90-59(60)79)42(40-28-45(61)46(62)30-48(40)70-55)35-89-38-68-52(73)32-67-57(77)49(27-39-9-5-4-6-10-39)69-53(74)33-65-51(72)31-66-56(76)47(63)11-7-8-12-64-54(75)37-88-26-25-87-24-23-86-22-21-85-20-19-84-18-17-83-16-15-82-14-13-81-2/h4-6,9-10,28-30,47,49,80H,3,7-8,11-27,31-38,63H2,1-2H3,(H,64,75)(H,65,72)(H,66,76)(H,67,77)(H,68,73)(H,69,74)/t47-,49-,60-/m0/s1. The van der Waals surface area contributed by atoms with Crippen LogP contribution in [0.5, 0.6) is 0 Å². The van der Waals surface area contributed by atoms with E-state index < -0.39 is 96.7 Å². The van der Waals surface area contributed by atoms with Gasteiger partial charge in [0.1, 0.15) is 26.0 Å². The van der Waals surface area contributed by atoms with Crippen LogP contribution in [0.1, 0.15) is 60.4 Å². The Labute approximate surface area is 518 Å². The van der Waals surface area contributed by atoms with Crippen LogP contribution in [0.25, 0.3) is 22.3 Å². The number of esters is 1. The minimum atomic E-state index is -2.10. The van der Waals surface area contributed by atoms with E-state index in [-0.39, 0.29) is 98.2 Å². The summed E-state index contributed by atoms with van der Waals surface area (Å²) in [4.78, 5) is 108. The molecule has 0 saturated heterocycles. The molecule has 0 radical (unpaired) electrons. The predicted octanol–water partition coefficient (Wildman–Crippen LogP) is -0.599. The van der Waals surface area contributed by atoms with Crippen molar-refractivity contribution in [1.82, 2.24) is 41.5 Å². The van der Waals surface area contributed by atoms with E-state index in [1.54, 1.807) is 44.4 Å². The van der Waals surface area contributed by atoms with Gasteiger partial charge in [0.25, 0.3) is 5.56 Å². The maximum Gasteiger partial charge on any atom is 0.343 e. The number of carbonyl (C=O) groups excluding carboxylic acids is 7. The fraction of sp³-hybridized carbons (Fsp3) is 0.550. The Hall–Kier alpha value is -7.49. The summed E-state index contributed by atoms with van der Waals surface area (Å²) in [5, 5.41) is 26.5. The number of cyclic esters (lactones) is 1. The highest BCUT2D eigenvalue weighted by atomic mass is 19.2. The molecule has 0 fully saturated rings. The van der Waals surface area contributed by atoms with Gasteiger partial charge in [-0.2, -0.15) is 0 Å². The van der Waals surface area contributed by atoms with Crippen molar-refractivity contribution in [3.05, 3.63) is 98.3 Å². The number of pyridine rings is 2. The Morgan fingerprint density at radius 3 is 1.89 bits per heavy atom. The fourth-order valence-corrected chi connectivity index (χ4v) is 9.33. The van der Waals surface area contributed by atoms with Crippen LogP contribution in [0.4, 0.5) is 8.78 Å². The molecule has 0 aliphatic carbocycles. The van der Waals surface area contributed by atoms with Gasteiger partial charge in [0.15, 0.2) is 17.2 Å². The number of carbonyl (C=O) groups is 7. The van der Waals surface area contributed by atoms with Crippen molar-refractivity contribution in [1.29, 1.82) is 0 Å². The average molecular weight is 1270 g/mol. The van der Waals surface area contributed by atoms with E-state index in [2.05, 4.69) is 36.9 Å². The van der Waals surface area contributed by atoms with Crippen LogP contribution in [0.3, 0.4) is 0 Å². The van der Waals surface area contributed by atoms with E-state index in [4.69, 9.17) is 53.1 Å². The molecule has 4 heterocycles. The number of halogens is 2. The normalized spacial score (nSPS) is 14.6. The van der Waals surface area contributed by atoms with Crippen molar-refractivity contribution in [3.63, 3.8) is 0 Å². The number of ether oxygens (including phenoxy) is 10. The summed E-state index contributed by atoms with van der Waals surface area (Å²) >= 11 is 0. The zero-order valence-corrected chi connectivity index (χ0v) is 50.6. The van der Waals surface area contributed by atoms with E-state index >= 15 is 0 Å². The first-order valence-corrected chi connectivity index (χ1v) is 29.6. The van der Waals surface area contributed by atoms with E-state index in [0.717, 1.165) is 12.1 Å². The van der Waals surface area contributed by atoms with Gasteiger partial charge in [0, 0.05) is 42.7 Å². The molecule has 2 aliphatic heterocycles. The first kappa shape index (κ1) is 71.6. The van der Waals surface area contributed by atoms with Crippen LogP contribution in [-0.4, -0.2) is 207 Å². The second kappa shape index (κ2) is 38.3. The number of nitrogens with zero attached hydrogens (tertiary/aromatic N) is 2. The molecule has 0 unspecified atom stereocenters. The van der Waals surface area contributed by atoms with Crippen LogP contribution < -0.4 is 43.2 Å². The van der Waals surface area contributed by atoms with Crippen molar-refractivity contribution in [2.45, 2.75) is 76.5 Å². The molecule has 2 aromatic carbocycles. The molecule has 2 aliphatic rings. The van der Waals surface area contributed by atoms with E-state index in [1.165, 1.54) is 10.6 Å². The van der Waals surface area contributed by atoms with E-state index in [9.17, 15) is 52.2 Å². The Balaban J connectivity index is 0.812. The molecular formula is C60H81F2N9O19. The Kier molecular flexibility index (Phi) is 30.4. The smallest absolute Gasteiger partial charge is 0.343 e. The molecule has 2 aromatic heterocycles. The Bertz CT molecular complexity index is 3090. The second-order valence-corrected chi connectivity index (χ2v) is 20.6. The molecule has 6 amide bonds. The van der Waals surface area contributed by atoms with Crippen LogP contribution >= 0.6 is 0 Å². The quantitative estimate of drug-likeness (QED) is 0.0137. The first-order valence-electron chi connectivity index (χ1n) is 29.6. The van der Waals surface area contributed by atoms with E-state index in [1.807, 2.05) is 0 Å². The summed E-state index contributed by atoms with van der Waals surface area (Å²) in [6.07, 6.45) is 1.17. The van der Waals surface area contributed by atoms with Gasteiger partial charge in [0.05, 0.1) is 154 Å². The fourth-order valence-electron chi connectivity index (χ4n) is 9.33. The number of aliphatic hydroxyl groups is 1. The molecule has 0 saturated carbocycles. The number of methoxy groups -OCH3 is 1. The monoisotopic (exact) mass is 1270 g/mol. The maximum atomic E-state index is 14.7. The summed E-state index contributed by atoms with van der Waals surface area (Å²) in [5.74, 6) is -7.11. The lowest BCUT2D eigenvalue weighted by Gasteiger charge is -2.31. The maximum absolute atomic E-state index is 14.7. The van der Waals surface area contributed by atoms with Crippen molar-refractivity contribution < 1.29 is 94.8 Å². The summed E-state index contributed by atoms with van der Waals surface area (Å²) < 4.78 is 84.4. The molecule has 0 bridgehead atoms. The highest BCUT2D eigenvalue weighted by molar-refractivity contribution is 5.93. The minimum Gasteiger partial charge on any atom is -0.458 e. The molecule has 0 spiro atoms. The molecule has 9 N–H and O–H groups in total. The van der Waals surface area contributed by atoms with Gasteiger partial charge in [0.2, 0.25) is 35.4 Å². The van der Waals surface area contributed by atoms with Crippen LogP contribution in [-0.2, 0) is 113 Å². The SMILES string of the molecule is CC[C@@]1(O)C(=O)OCc2c1cc1n(c2=O)Cc2c-1nc1cc(F)c(F)cc1c2COCNC(=O)CNC(=O)[C@H](Cc1ccccc1)NC(=O)CNC(=O)CNC(=O)[C@@H](N)CCCCNC(=O)COCCOCCOCCOCCOCCOCCOCCOC. The van der Waals surface area contributed by atoms with Crippen molar-refractivity contribution >= 4 is 52.3 Å². The molecular weight excluding hydrogens is 1190 g/mol. The zero-order chi connectivity index (χ0) is 64.7. The summed E-state index contributed by atoms with van der Waals surface area (Å²) in [7, 11) is 1.62. The van der Waals surface area contributed by atoms with E-state index in [0.29, 0.717) is 115 Å². The molecule has 90 heavy (non-hydrogen) atoms. The lowest BCUT2D eigenvalue weighted by Crippen LogP contribution is -2.52. The topological polar surface area (TPSA) is 365 Å². The number of fused-ring (bicyclic) bond motifs is 5. The predicted molar refractivity (Wildman–Crippen MR) is 316 cm³/mol. The number of rotatable bonds is 44. The molecule has 30 heteroatoms. The van der Waals surface area contributed by atoms with Gasteiger partial charge in [-0.05, 0) is 48.9 Å². The van der Waals surface area contributed by atoms with Gasteiger partial charge in [-0.1, -0.05) is 37.3 Å². The van der Waals surface area contributed by atoms with Gasteiger partial charge in [-0.25, -0.2) is 18.6 Å². The van der Waals surface area contributed by atoms with Crippen LogP contribution in [0, 0.1) is 11.6 Å². The highest BCUT2D eigenvalue weighted by Gasteiger charge is 2.45. The largest absolute Gasteiger partial charge is 0.458 e. The molecule has 3 atom stereocenters. The number of nitrogens with one attached hydrogen (secondary N) is 6. The zero-order valence-electron chi connectivity index (χ0n) is 50.6.